The number of rotatable bonds is 3. The van der Waals surface area contributed by atoms with Crippen LogP contribution in [0.25, 0.3) is 10.9 Å². The number of aromatic amines is 1. The number of pyridine rings is 1. The quantitative estimate of drug-likeness (QED) is 0.780. The Balaban J connectivity index is 2.49. The highest BCUT2D eigenvalue weighted by molar-refractivity contribution is 9.10. The lowest BCUT2D eigenvalue weighted by atomic mass is 10.2. The van der Waals surface area contributed by atoms with Crippen molar-refractivity contribution in [2.24, 2.45) is 0 Å². The van der Waals surface area contributed by atoms with Crippen LogP contribution in [-0.4, -0.2) is 30.4 Å². The zero-order valence-electron chi connectivity index (χ0n) is 11.2. The number of hydrogen-bond donors (Lipinski definition) is 1. The molecular weight excluding hydrogens is 394 g/mol. The van der Waals surface area contributed by atoms with Crippen molar-refractivity contribution in [2.45, 2.75) is 12.4 Å². The zero-order valence-corrected chi connectivity index (χ0v) is 12.8. The molecule has 1 aromatic heterocycles. The van der Waals surface area contributed by atoms with Gasteiger partial charge in [-0.25, -0.2) is 0 Å². The molecule has 0 radical (unpaired) electrons. The van der Waals surface area contributed by atoms with E-state index in [0.29, 0.717) is 10.9 Å². The van der Waals surface area contributed by atoms with Gasteiger partial charge in [0.1, 0.15) is 13.1 Å². The third kappa shape index (κ3) is 4.88. The van der Waals surface area contributed by atoms with Crippen molar-refractivity contribution in [2.75, 3.05) is 18.0 Å². The molecule has 0 aliphatic rings. The van der Waals surface area contributed by atoms with Gasteiger partial charge < -0.3 is 9.88 Å². The summed E-state index contributed by atoms with van der Waals surface area (Å²) < 4.78 is 75.6. The molecule has 126 valence electrons. The number of aromatic nitrogens is 1. The molecule has 1 N–H and O–H groups in total. The summed E-state index contributed by atoms with van der Waals surface area (Å²) in [5, 5.41) is 0.302. The number of halogens is 7. The maximum absolute atomic E-state index is 12.5. The summed E-state index contributed by atoms with van der Waals surface area (Å²) >= 11 is 3.07. The van der Waals surface area contributed by atoms with Crippen molar-refractivity contribution < 1.29 is 26.3 Å². The van der Waals surface area contributed by atoms with Crippen LogP contribution in [0.1, 0.15) is 0 Å². The molecular formula is C13H9BrF6N2O. The van der Waals surface area contributed by atoms with Gasteiger partial charge in [0.05, 0.1) is 0 Å². The Kier molecular flexibility index (Phi) is 4.65. The molecule has 0 aliphatic heterocycles. The van der Waals surface area contributed by atoms with E-state index in [1.165, 1.54) is 6.07 Å². The standard InChI is InChI=1S/C13H9BrF6N2O/c14-9-4-11(23)21-10-2-1-7(3-8(9)10)22(5-12(15,16)17)6-13(18,19)20/h1-4H,5-6H2,(H,21,23). The molecule has 1 heterocycles. The second-order valence-corrected chi connectivity index (χ2v) is 5.65. The van der Waals surface area contributed by atoms with E-state index in [2.05, 4.69) is 20.9 Å². The molecule has 2 aromatic rings. The zero-order chi connectivity index (χ0) is 17.4. The van der Waals surface area contributed by atoms with E-state index in [1.54, 1.807) is 0 Å². The summed E-state index contributed by atoms with van der Waals surface area (Å²) in [4.78, 5) is 13.9. The molecule has 0 amide bonds. The topological polar surface area (TPSA) is 36.1 Å². The van der Waals surface area contributed by atoms with Crippen LogP contribution in [-0.2, 0) is 0 Å². The molecule has 0 atom stereocenters. The predicted molar refractivity (Wildman–Crippen MR) is 76.6 cm³/mol. The fourth-order valence-electron chi connectivity index (χ4n) is 2.07. The average molecular weight is 403 g/mol. The molecule has 0 fully saturated rings. The summed E-state index contributed by atoms with van der Waals surface area (Å²) in [6.45, 7) is -3.47. The molecule has 0 bridgehead atoms. The molecule has 0 saturated heterocycles. The van der Waals surface area contributed by atoms with E-state index < -0.39 is 31.0 Å². The second-order valence-electron chi connectivity index (χ2n) is 4.80. The maximum atomic E-state index is 12.5. The van der Waals surface area contributed by atoms with E-state index >= 15 is 0 Å². The van der Waals surface area contributed by atoms with Gasteiger partial charge >= 0.3 is 12.4 Å². The third-order valence-electron chi connectivity index (χ3n) is 2.88. The number of alkyl halides is 6. The minimum atomic E-state index is -4.79. The molecule has 0 aliphatic carbocycles. The monoisotopic (exact) mass is 402 g/mol. The van der Waals surface area contributed by atoms with Crippen molar-refractivity contribution in [1.82, 2.24) is 4.98 Å². The van der Waals surface area contributed by atoms with Crippen LogP contribution in [0, 0.1) is 0 Å². The lowest BCUT2D eigenvalue weighted by Crippen LogP contribution is -2.40. The number of anilines is 1. The van der Waals surface area contributed by atoms with Gasteiger partial charge in [-0.3, -0.25) is 4.79 Å². The normalized spacial score (nSPS) is 12.7. The van der Waals surface area contributed by atoms with Crippen LogP contribution >= 0.6 is 15.9 Å². The minimum Gasteiger partial charge on any atom is -0.353 e. The molecule has 23 heavy (non-hydrogen) atoms. The summed E-state index contributed by atoms with van der Waals surface area (Å²) in [6.07, 6.45) is -9.58. The smallest absolute Gasteiger partial charge is 0.353 e. The number of fused-ring (bicyclic) bond motifs is 1. The Morgan fingerprint density at radius 2 is 1.57 bits per heavy atom. The first-order valence-electron chi connectivity index (χ1n) is 6.16. The SMILES string of the molecule is O=c1cc(Br)c2cc(N(CC(F)(F)F)CC(F)(F)F)ccc2[nH]1. The van der Waals surface area contributed by atoms with Gasteiger partial charge in [-0.2, -0.15) is 26.3 Å². The molecule has 3 nitrogen and oxygen atoms in total. The highest BCUT2D eigenvalue weighted by atomic mass is 79.9. The highest BCUT2D eigenvalue weighted by Crippen LogP contribution is 2.30. The summed E-state index contributed by atoms with van der Waals surface area (Å²) in [5.41, 5.74) is -0.397. The number of nitrogens with zero attached hydrogens (tertiary/aromatic N) is 1. The van der Waals surface area contributed by atoms with Gasteiger partial charge in [-0.15, -0.1) is 0 Å². The van der Waals surface area contributed by atoms with Crippen LogP contribution in [0.15, 0.2) is 33.5 Å². The van der Waals surface area contributed by atoms with Gasteiger partial charge in [-0.05, 0) is 34.1 Å². The van der Waals surface area contributed by atoms with Crippen LogP contribution < -0.4 is 10.5 Å². The first-order chi connectivity index (χ1) is 10.4. The third-order valence-corrected chi connectivity index (χ3v) is 3.54. The van der Waals surface area contributed by atoms with E-state index in [1.807, 2.05) is 0 Å². The van der Waals surface area contributed by atoms with Crippen LogP contribution in [0.2, 0.25) is 0 Å². The second kappa shape index (κ2) is 6.06. The Bertz CT molecular complexity index is 752. The Morgan fingerprint density at radius 3 is 2.09 bits per heavy atom. The highest BCUT2D eigenvalue weighted by Gasteiger charge is 2.37. The van der Waals surface area contributed by atoms with Crippen molar-refractivity contribution in [3.8, 4) is 0 Å². The lowest BCUT2D eigenvalue weighted by molar-refractivity contribution is -0.137. The number of nitrogens with one attached hydrogen (secondary N) is 1. The lowest BCUT2D eigenvalue weighted by Gasteiger charge is -2.27. The van der Waals surface area contributed by atoms with Crippen LogP contribution in [0.3, 0.4) is 0 Å². The van der Waals surface area contributed by atoms with Crippen molar-refractivity contribution in [3.63, 3.8) is 0 Å². The first kappa shape index (κ1) is 17.6. The van der Waals surface area contributed by atoms with Crippen molar-refractivity contribution in [3.05, 3.63) is 39.1 Å². The maximum Gasteiger partial charge on any atom is 0.405 e. The molecule has 2 rings (SSSR count). The van der Waals surface area contributed by atoms with Gasteiger partial charge in [0, 0.05) is 27.1 Å². The molecule has 0 saturated carbocycles. The molecule has 0 spiro atoms. The molecule has 1 aromatic carbocycles. The predicted octanol–water partition coefficient (Wildman–Crippen LogP) is 4.22. The fourth-order valence-corrected chi connectivity index (χ4v) is 2.60. The van der Waals surface area contributed by atoms with Gasteiger partial charge in [0.2, 0.25) is 5.56 Å². The number of hydrogen-bond acceptors (Lipinski definition) is 2. The number of benzene rings is 1. The minimum absolute atomic E-state index is 0.191. The van der Waals surface area contributed by atoms with Gasteiger partial charge in [0.25, 0.3) is 0 Å². The van der Waals surface area contributed by atoms with E-state index in [9.17, 15) is 31.1 Å². The molecule has 10 heteroatoms. The van der Waals surface area contributed by atoms with Crippen molar-refractivity contribution in [1.29, 1.82) is 0 Å². The van der Waals surface area contributed by atoms with E-state index in [-0.39, 0.29) is 15.1 Å². The molecule has 0 unspecified atom stereocenters. The Labute approximate surface area is 134 Å². The van der Waals surface area contributed by atoms with E-state index in [4.69, 9.17) is 0 Å². The summed E-state index contributed by atoms with van der Waals surface area (Å²) in [7, 11) is 0. The van der Waals surface area contributed by atoms with Gasteiger partial charge in [0.15, 0.2) is 0 Å². The van der Waals surface area contributed by atoms with Crippen molar-refractivity contribution >= 4 is 32.5 Å². The number of H-pyrrole nitrogens is 1. The first-order valence-corrected chi connectivity index (χ1v) is 6.95. The summed E-state index contributed by atoms with van der Waals surface area (Å²) in [6, 6.07) is 4.66. The van der Waals surface area contributed by atoms with E-state index in [0.717, 1.165) is 18.2 Å². The average Bonchev–Trinajstić information content (AvgIpc) is 2.34. The Morgan fingerprint density at radius 1 is 1.00 bits per heavy atom. The summed E-state index contributed by atoms with van der Waals surface area (Å²) in [5.74, 6) is 0. The fraction of sp³-hybridized carbons (Fsp3) is 0.308. The Hall–Kier alpha value is -1.71. The van der Waals surface area contributed by atoms with Crippen LogP contribution in [0.4, 0.5) is 32.0 Å². The van der Waals surface area contributed by atoms with Gasteiger partial charge in [-0.1, -0.05) is 0 Å². The largest absolute Gasteiger partial charge is 0.405 e. The van der Waals surface area contributed by atoms with Crippen LogP contribution in [0.5, 0.6) is 0 Å².